The van der Waals surface area contributed by atoms with Gasteiger partial charge in [-0.05, 0) is 24.1 Å². The summed E-state index contributed by atoms with van der Waals surface area (Å²) in [5.74, 6) is 0.213. The maximum Gasteiger partial charge on any atom is 0.122 e. The Kier molecular flexibility index (Phi) is 4.13. The minimum absolute atomic E-state index is 0.427. The Hall–Kier alpha value is -1.35. The normalized spacial score (nSPS) is 11.5. The monoisotopic (exact) mass is 196 g/mol. The van der Waals surface area contributed by atoms with Crippen LogP contribution in [-0.2, 0) is 6.42 Å². The van der Waals surface area contributed by atoms with Gasteiger partial charge in [-0.2, -0.15) is 0 Å². The van der Waals surface area contributed by atoms with Crippen LogP contribution in [0.3, 0.4) is 0 Å². The van der Waals surface area contributed by atoms with Gasteiger partial charge in [-0.25, -0.2) is 4.39 Å². The number of benzene rings is 1. The number of halogens is 1. The van der Waals surface area contributed by atoms with Crippen molar-refractivity contribution in [1.29, 1.82) is 0 Å². The molecule has 0 aliphatic carbocycles. The lowest BCUT2D eigenvalue weighted by molar-refractivity contribution is 0.297. The standard InChI is InChI=1S/C11H13FO2/c1-14-11-5-3-2-4-9(11)6-7-10(12)8-13/h2-5,7,13H,6,8H2,1H3. The molecule has 14 heavy (non-hydrogen) atoms. The first-order valence-electron chi connectivity index (χ1n) is 4.35. The summed E-state index contributed by atoms with van der Waals surface area (Å²) in [6.07, 6.45) is 1.77. The molecule has 0 radical (unpaired) electrons. The van der Waals surface area contributed by atoms with Gasteiger partial charge < -0.3 is 9.84 Å². The summed E-state index contributed by atoms with van der Waals surface area (Å²) in [5.41, 5.74) is 0.901. The summed E-state index contributed by atoms with van der Waals surface area (Å²) < 4.78 is 17.7. The van der Waals surface area contributed by atoms with E-state index in [0.717, 1.165) is 11.3 Å². The van der Waals surface area contributed by atoms with Crippen molar-refractivity contribution in [2.24, 2.45) is 0 Å². The van der Waals surface area contributed by atoms with Crippen molar-refractivity contribution in [3.63, 3.8) is 0 Å². The fraction of sp³-hybridized carbons (Fsp3) is 0.273. The summed E-state index contributed by atoms with van der Waals surface area (Å²) in [4.78, 5) is 0. The number of methoxy groups -OCH3 is 1. The van der Waals surface area contributed by atoms with Gasteiger partial charge in [0.15, 0.2) is 0 Å². The molecule has 0 bridgehead atoms. The molecule has 1 aromatic carbocycles. The molecular formula is C11H13FO2. The molecule has 0 saturated heterocycles. The first kappa shape index (κ1) is 10.7. The molecule has 1 aromatic rings. The van der Waals surface area contributed by atoms with E-state index < -0.39 is 12.4 Å². The molecule has 1 rings (SSSR count). The van der Waals surface area contributed by atoms with Gasteiger partial charge in [0.25, 0.3) is 0 Å². The number of hydrogen-bond acceptors (Lipinski definition) is 2. The van der Waals surface area contributed by atoms with Gasteiger partial charge in [-0.3, -0.25) is 0 Å². The molecule has 3 heteroatoms. The van der Waals surface area contributed by atoms with E-state index in [0.29, 0.717) is 6.42 Å². The van der Waals surface area contributed by atoms with Crippen molar-refractivity contribution in [1.82, 2.24) is 0 Å². The second-order valence-corrected chi connectivity index (χ2v) is 2.83. The Morgan fingerprint density at radius 2 is 2.21 bits per heavy atom. The fourth-order valence-corrected chi connectivity index (χ4v) is 1.16. The Balaban J connectivity index is 2.76. The predicted octanol–water partition coefficient (Wildman–Crippen LogP) is 2.08. The van der Waals surface area contributed by atoms with Gasteiger partial charge in [0.1, 0.15) is 11.6 Å². The number of rotatable bonds is 4. The fourth-order valence-electron chi connectivity index (χ4n) is 1.16. The molecule has 0 aromatic heterocycles. The van der Waals surface area contributed by atoms with E-state index in [1.807, 2.05) is 24.3 Å². The van der Waals surface area contributed by atoms with Crippen LogP contribution in [0.1, 0.15) is 5.56 Å². The number of aliphatic hydroxyl groups is 1. The van der Waals surface area contributed by atoms with Crippen molar-refractivity contribution < 1.29 is 14.2 Å². The zero-order valence-corrected chi connectivity index (χ0v) is 8.03. The number of hydrogen-bond donors (Lipinski definition) is 1. The topological polar surface area (TPSA) is 29.5 Å². The molecule has 0 amide bonds. The van der Waals surface area contributed by atoms with Crippen LogP contribution in [0.15, 0.2) is 36.2 Å². The molecule has 2 nitrogen and oxygen atoms in total. The van der Waals surface area contributed by atoms with Crippen LogP contribution in [0.2, 0.25) is 0 Å². The molecule has 0 saturated carbocycles. The highest BCUT2D eigenvalue weighted by molar-refractivity contribution is 5.34. The highest BCUT2D eigenvalue weighted by atomic mass is 19.1. The lowest BCUT2D eigenvalue weighted by Gasteiger charge is -2.05. The quantitative estimate of drug-likeness (QED) is 0.798. The molecule has 0 aliphatic heterocycles. The first-order chi connectivity index (χ1) is 6.77. The molecular weight excluding hydrogens is 183 g/mol. The van der Waals surface area contributed by atoms with E-state index in [4.69, 9.17) is 9.84 Å². The van der Waals surface area contributed by atoms with Crippen LogP contribution in [0, 0.1) is 0 Å². The van der Waals surface area contributed by atoms with Crippen LogP contribution >= 0.6 is 0 Å². The summed E-state index contributed by atoms with van der Waals surface area (Å²) in [5, 5.41) is 8.46. The number of allylic oxidation sites excluding steroid dienone is 1. The molecule has 0 aliphatic rings. The van der Waals surface area contributed by atoms with E-state index in [1.54, 1.807) is 7.11 Å². The molecule has 1 N–H and O–H groups in total. The van der Waals surface area contributed by atoms with Crippen LogP contribution in [0.25, 0.3) is 0 Å². The summed E-state index contributed by atoms with van der Waals surface area (Å²) in [7, 11) is 1.57. The van der Waals surface area contributed by atoms with E-state index in [1.165, 1.54) is 6.08 Å². The third-order valence-electron chi connectivity index (χ3n) is 1.89. The van der Waals surface area contributed by atoms with Crippen LogP contribution < -0.4 is 4.74 Å². The van der Waals surface area contributed by atoms with E-state index in [9.17, 15) is 4.39 Å². The third-order valence-corrected chi connectivity index (χ3v) is 1.89. The highest BCUT2D eigenvalue weighted by Crippen LogP contribution is 2.18. The SMILES string of the molecule is COc1ccccc1CC=C(F)CO. The average Bonchev–Trinajstić information content (AvgIpc) is 2.26. The second-order valence-electron chi connectivity index (χ2n) is 2.83. The van der Waals surface area contributed by atoms with Gasteiger partial charge in [-0.1, -0.05) is 18.2 Å². The predicted molar refractivity (Wildman–Crippen MR) is 53.0 cm³/mol. The maximum absolute atomic E-state index is 12.6. The molecule has 0 fully saturated rings. The van der Waals surface area contributed by atoms with Gasteiger partial charge in [0, 0.05) is 0 Å². The van der Waals surface area contributed by atoms with Crippen molar-refractivity contribution in [3.8, 4) is 5.75 Å². The van der Waals surface area contributed by atoms with Gasteiger partial charge in [-0.15, -0.1) is 0 Å². The summed E-state index contributed by atoms with van der Waals surface area (Å²) in [6.45, 7) is -0.546. The Labute approximate surface area is 82.6 Å². The van der Waals surface area contributed by atoms with Crippen LogP contribution in [0.4, 0.5) is 4.39 Å². The zero-order chi connectivity index (χ0) is 10.4. The van der Waals surface area contributed by atoms with Gasteiger partial charge in [0.2, 0.25) is 0 Å². The van der Waals surface area contributed by atoms with E-state index in [2.05, 4.69) is 0 Å². The molecule has 0 unspecified atom stereocenters. The zero-order valence-electron chi connectivity index (χ0n) is 8.03. The average molecular weight is 196 g/mol. The Bertz CT molecular complexity index is 321. The van der Waals surface area contributed by atoms with Crippen molar-refractivity contribution in [3.05, 3.63) is 41.7 Å². The lowest BCUT2D eigenvalue weighted by atomic mass is 10.1. The minimum Gasteiger partial charge on any atom is -0.496 e. The summed E-state index contributed by atoms with van der Waals surface area (Å²) >= 11 is 0. The largest absolute Gasteiger partial charge is 0.496 e. The number of para-hydroxylation sites is 1. The molecule has 0 heterocycles. The molecule has 0 atom stereocenters. The van der Waals surface area contributed by atoms with Crippen molar-refractivity contribution in [2.75, 3.05) is 13.7 Å². The van der Waals surface area contributed by atoms with E-state index >= 15 is 0 Å². The molecule has 76 valence electrons. The Morgan fingerprint density at radius 1 is 1.50 bits per heavy atom. The highest BCUT2D eigenvalue weighted by Gasteiger charge is 1.99. The van der Waals surface area contributed by atoms with Gasteiger partial charge >= 0.3 is 0 Å². The smallest absolute Gasteiger partial charge is 0.122 e. The molecule has 0 spiro atoms. The van der Waals surface area contributed by atoms with Gasteiger partial charge in [0.05, 0.1) is 13.7 Å². The number of ether oxygens (including phenoxy) is 1. The van der Waals surface area contributed by atoms with Crippen molar-refractivity contribution >= 4 is 0 Å². The Morgan fingerprint density at radius 3 is 2.86 bits per heavy atom. The lowest BCUT2D eigenvalue weighted by Crippen LogP contribution is -1.91. The van der Waals surface area contributed by atoms with Crippen molar-refractivity contribution in [2.45, 2.75) is 6.42 Å². The van der Waals surface area contributed by atoms with E-state index in [-0.39, 0.29) is 0 Å². The summed E-state index contributed by atoms with van der Waals surface area (Å²) in [6, 6.07) is 7.40. The number of aliphatic hydroxyl groups excluding tert-OH is 1. The van der Waals surface area contributed by atoms with Crippen LogP contribution in [0.5, 0.6) is 5.75 Å². The van der Waals surface area contributed by atoms with Crippen LogP contribution in [-0.4, -0.2) is 18.8 Å². The first-order valence-corrected chi connectivity index (χ1v) is 4.35. The maximum atomic E-state index is 12.6. The minimum atomic E-state index is -0.546. The second kappa shape index (κ2) is 5.40. The third kappa shape index (κ3) is 2.85.